The Labute approximate surface area is 95.6 Å². The van der Waals surface area contributed by atoms with Crippen LogP contribution in [0.5, 0.6) is 5.88 Å². The molecule has 0 aliphatic carbocycles. The minimum atomic E-state index is 0.324. The van der Waals surface area contributed by atoms with Crippen LogP contribution in [0.4, 0.5) is 5.95 Å². The lowest BCUT2D eigenvalue weighted by Gasteiger charge is -2.19. The summed E-state index contributed by atoms with van der Waals surface area (Å²) in [5.41, 5.74) is 2.18. The van der Waals surface area contributed by atoms with Gasteiger partial charge >= 0.3 is 0 Å². The summed E-state index contributed by atoms with van der Waals surface area (Å²) in [6.45, 7) is 5.89. The Kier molecular flexibility index (Phi) is 3.24. The first-order valence-electron chi connectivity index (χ1n) is 5.61. The van der Waals surface area contributed by atoms with Gasteiger partial charge in [-0.15, -0.1) is 0 Å². The van der Waals surface area contributed by atoms with Gasteiger partial charge in [0, 0.05) is 31.1 Å². The van der Waals surface area contributed by atoms with E-state index in [9.17, 15) is 0 Å². The Bertz CT molecular complexity index is 361. The van der Waals surface area contributed by atoms with E-state index in [0.717, 1.165) is 30.8 Å². The van der Waals surface area contributed by atoms with Crippen LogP contribution in [0.15, 0.2) is 0 Å². The Morgan fingerprint density at radius 3 is 2.88 bits per heavy atom. The second-order valence-electron chi connectivity index (χ2n) is 4.21. The predicted molar refractivity (Wildman–Crippen MR) is 62.8 cm³/mol. The average Bonchev–Trinajstić information content (AvgIpc) is 2.27. The van der Waals surface area contributed by atoms with Crippen molar-refractivity contribution in [2.24, 2.45) is 0 Å². The third kappa shape index (κ3) is 2.24. The van der Waals surface area contributed by atoms with E-state index >= 15 is 0 Å². The van der Waals surface area contributed by atoms with Crippen molar-refractivity contribution in [3.8, 4) is 5.88 Å². The van der Waals surface area contributed by atoms with Crippen molar-refractivity contribution < 1.29 is 4.74 Å². The zero-order chi connectivity index (χ0) is 11.5. The second kappa shape index (κ2) is 4.65. The molecule has 1 aliphatic heterocycles. The van der Waals surface area contributed by atoms with Crippen LogP contribution in [0, 0.1) is 0 Å². The summed E-state index contributed by atoms with van der Waals surface area (Å²) in [7, 11) is 1.65. The van der Waals surface area contributed by atoms with E-state index in [1.54, 1.807) is 7.11 Å². The molecule has 2 rings (SSSR count). The van der Waals surface area contributed by atoms with Gasteiger partial charge in [0.1, 0.15) is 0 Å². The smallest absolute Gasteiger partial charge is 0.226 e. The molecule has 0 saturated heterocycles. The largest absolute Gasteiger partial charge is 0.481 e. The summed E-state index contributed by atoms with van der Waals surface area (Å²) in [6.07, 6.45) is 0.932. The standard InChI is InChI=1S/C11H18N4O/c1-7(2)13-11-14-9-4-5-12-6-8(9)10(15-11)16-3/h7,12H,4-6H2,1-3H3,(H,13,14,15). The average molecular weight is 222 g/mol. The molecule has 0 saturated carbocycles. The zero-order valence-corrected chi connectivity index (χ0v) is 10.0. The number of fused-ring (bicyclic) bond motifs is 1. The molecule has 0 aromatic carbocycles. The molecule has 0 spiro atoms. The molecule has 0 bridgehead atoms. The van der Waals surface area contributed by atoms with Crippen LogP contribution in [0.3, 0.4) is 0 Å². The Balaban J connectivity index is 2.35. The van der Waals surface area contributed by atoms with Gasteiger partial charge in [-0.25, -0.2) is 4.98 Å². The van der Waals surface area contributed by atoms with Crippen LogP contribution in [0.25, 0.3) is 0 Å². The summed E-state index contributed by atoms with van der Waals surface area (Å²) in [4.78, 5) is 8.88. The van der Waals surface area contributed by atoms with E-state index in [1.807, 2.05) is 0 Å². The number of ether oxygens (including phenoxy) is 1. The number of rotatable bonds is 3. The number of nitrogens with zero attached hydrogens (tertiary/aromatic N) is 2. The topological polar surface area (TPSA) is 59.1 Å². The summed E-state index contributed by atoms with van der Waals surface area (Å²) in [5.74, 6) is 1.34. The fourth-order valence-electron chi connectivity index (χ4n) is 1.80. The number of anilines is 1. The van der Waals surface area contributed by atoms with Crippen molar-refractivity contribution in [1.29, 1.82) is 0 Å². The molecule has 0 radical (unpaired) electrons. The molecule has 1 aromatic rings. The third-order valence-corrected chi connectivity index (χ3v) is 2.51. The monoisotopic (exact) mass is 222 g/mol. The molecular formula is C11H18N4O. The highest BCUT2D eigenvalue weighted by atomic mass is 16.5. The van der Waals surface area contributed by atoms with E-state index in [4.69, 9.17) is 4.74 Å². The van der Waals surface area contributed by atoms with Crippen molar-refractivity contribution >= 4 is 5.95 Å². The lowest BCUT2D eigenvalue weighted by Crippen LogP contribution is -2.26. The van der Waals surface area contributed by atoms with Gasteiger partial charge in [0.25, 0.3) is 0 Å². The van der Waals surface area contributed by atoms with Crippen molar-refractivity contribution in [2.75, 3.05) is 19.0 Å². The first kappa shape index (κ1) is 11.1. The molecular weight excluding hydrogens is 204 g/mol. The maximum atomic E-state index is 5.30. The SMILES string of the molecule is COc1nc(NC(C)C)nc2c1CNCC2. The fraction of sp³-hybridized carbons (Fsp3) is 0.636. The highest BCUT2D eigenvalue weighted by molar-refractivity contribution is 5.40. The molecule has 1 aliphatic rings. The molecule has 2 N–H and O–H groups in total. The third-order valence-electron chi connectivity index (χ3n) is 2.51. The van der Waals surface area contributed by atoms with E-state index in [-0.39, 0.29) is 0 Å². The Morgan fingerprint density at radius 1 is 1.38 bits per heavy atom. The van der Waals surface area contributed by atoms with Gasteiger partial charge in [0.15, 0.2) is 0 Å². The quantitative estimate of drug-likeness (QED) is 0.797. The highest BCUT2D eigenvalue weighted by Gasteiger charge is 2.18. The number of nitrogens with one attached hydrogen (secondary N) is 2. The maximum absolute atomic E-state index is 5.30. The summed E-state index contributed by atoms with van der Waals surface area (Å²) in [6, 6.07) is 0.324. The van der Waals surface area contributed by atoms with Crippen molar-refractivity contribution in [2.45, 2.75) is 32.9 Å². The minimum absolute atomic E-state index is 0.324. The number of methoxy groups -OCH3 is 1. The Hall–Kier alpha value is -1.36. The van der Waals surface area contributed by atoms with Gasteiger partial charge in [-0.05, 0) is 13.8 Å². The molecule has 5 nitrogen and oxygen atoms in total. The van der Waals surface area contributed by atoms with Crippen LogP contribution in [-0.4, -0.2) is 29.7 Å². The molecule has 0 amide bonds. The first-order chi connectivity index (χ1) is 7.70. The van der Waals surface area contributed by atoms with Crippen LogP contribution >= 0.6 is 0 Å². The maximum Gasteiger partial charge on any atom is 0.226 e. The van der Waals surface area contributed by atoms with Crippen LogP contribution in [0.2, 0.25) is 0 Å². The molecule has 2 heterocycles. The normalized spacial score (nSPS) is 14.8. The predicted octanol–water partition coefficient (Wildman–Crippen LogP) is 0.951. The summed E-state index contributed by atoms with van der Waals surface area (Å²) < 4.78 is 5.30. The van der Waals surface area contributed by atoms with Crippen LogP contribution in [0.1, 0.15) is 25.1 Å². The van der Waals surface area contributed by atoms with E-state index in [1.165, 1.54) is 0 Å². The second-order valence-corrected chi connectivity index (χ2v) is 4.21. The van der Waals surface area contributed by atoms with Gasteiger partial charge < -0.3 is 15.4 Å². The lowest BCUT2D eigenvalue weighted by atomic mass is 10.1. The lowest BCUT2D eigenvalue weighted by molar-refractivity contribution is 0.386. The summed E-state index contributed by atoms with van der Waals surface area (Å²) in [5, 5.41) is 6.50. The molecule has 0 unspecified atom stereocenters. The molecule has 88 valence electrons. The van der Waals surface area contributed by atoms with Gasteiger partial charge in [-0.1, -0.05) is 0 Å². The van der Waals surface area contributed by atoms with Crippen LogP contribution < -0.4 is 15.4 Å². The van der Waals surface area contributed by atoms with E-state index in [2.05, 4.69) is 34.4 Å². The Morgan fingerprint density at radius 2 is 2.19 bits per heavy atom. The molecule has 16 heavy (non-hydrogen) atoms. The fourth-order valence-corrected chi connectivity index (χ4v) is 1.80. The molecule has 1 aromatic heterocycles. The molecule has 0 atom stereocenters. The molecule has 5 heteroatoms. The summed E-state index contributed by atoms with van der Waals surface area (Å²) >= 11 is 0. The first-order valence-corrected chi connectivity index (χ1v) is 5.61. The zero-order valence-electron chi connectivity index (χ0n) is 10.0. The van der Waals surface area contributed by atoms with Gasteiger partial charge in [-0.2, -0.15) is 4.98 Å². The van der Waals surface area contributed by atoms with Crippen LogP contribution in [-0.2, 0) is 13.0 Å². The van der Waals surface area contributed by atoms with Gasteiger partial charge in [-0.3, -0.25) is 0 Å². The van der Waals surface area contributed by atoms with Gasteiger partial charge in [0.2, 0.25) is 11.8 Å². The van der Waals surface area contributed by atoms with Crippen molar-refractivity contribution in [1.82, 2.24) is 15.3 Å². The van der Waals surface area contributed by atoms with E-state index < -0.39 is 0 Å². The minimum Gasteiger partial charge on any atom is -0.481 e. The number of aromatic nitrogens is 2. The number of hydrogen-bond acceptors (Lipinski definition) is 5. The number of hydrogen-bond donors (Lipinski definition) is 2. The molecule has 0 fully saturated rings. The van der Waals surface area contributed by atoms with E-state index in [0.29, 0.717) is 17.9 Å². The highest BCUT2D eigenvalue weighted by Crippen LogP contribution is 2.23. The van der Waals surface area contributed by atoms with Gasteiger partial charge in [0.05, 0.1) is 12.8 Å². The van der Waals surface area contributed by atoms with Crippen molar-refractivity contribution in [3.63, 3.8) is 0 Å². The van der Waals surface area contributed by atoms with Crippen molar-refractivity contribution in [3.05, 3.63) is 11.3 Å².